The Labute approximate surface area is 107 Å². The van der Waals surface area contributed by atoms with E-state index in [-0.39, 0.29) is 0 Å². The molecular formula is C13H20N2O3. The van der Waals surface area contributed by atoms with Gasteiger partial charge in [0, 0.05) is 12.7 Å². The van der Waals surface area contributed by atoms with Crippen molar-refractivity contribution in [1.29, 1.82) is 0 Å². The van der Waals surface area contributed by atoms with Gasteiger partial charge >= 0.3 is 6.09 Å². The summed E-state index contributed by atoms with van der Waals surface area (Å²) in [6.45, 7) is 5.44. The molecule has 0 aliphatic rings. The van der Waals surface area contributed by atoms with Gasteiger partial charge in [0.2, 0.25) is 0 Å². The molecule has 1 aromatic carbocycles. The SMILES string of the molecule is CNc1ccc(OC)c(NC(=O)OC(C)(C)C)c1. The van der Waals surface area contributed by atoms with E-state index in [1.165, 1.54) is 0 Å². The quantitative estimate of drug-likeness (QED) is 0.868. The molecule has 0 aromatic heterocycles. The van der Waals surface area contributed by atoms with E-state index in [9.17, 15) is 4.79 Å². The molecule has 0 spiro atoms. The van der Waals surface area contributed by atoms with E-state index in [0.717, 1.165) is 5.69 Å². The third kappa shape index (κ3) is 4.16. The maximum absolute atomic E-state index is 11.7. The van der Waals surface area contributed by atoms with Crippen LogP contribution in [0.15, 0.2) is 18.2 Å². The van der Waals surface area contributed by atoms with Crippen LogP contribution >= 0.6 is 0 Å². The lowest BCUT2D eigenvalue weighted by molar-refractivity contribution is 0.0635. The van der Waals surface area contributed by atoms with Crippen LogP contribution in [-0.2, 0) is 4.74 Å². The number of carbonyl (C=O) groups is 1. The molecule has 0 saturated heterocycles. The second-order valence-electron chi connectivity index (χ2n) is 4.79. The van der Waals surface area contributed by atoms with Gasteiger partial charge in [-0.05, 0) is 39.0 Å². The standard InChI is InChI=1S/C13H20N2O3/c1-13(2,3)18-12(16)15-10-8-9(14-4)6-7-11(10)17-5/h6-8,14H,1-5H3,(H,15,16). The van der Waals surface area contributed by atoms with Crippen LogP contribution in [0.25, 0.3) is 0 Å². The van der Waals surface area contributed by atoms with Crippen LogP contribution in [0.2, 0.25) is 0 Å². The predicted molar refractivity (Wildman–Crippen MR) is 72.4 cm³/mol. The normalized spacial score (nSPS) is 10.7. The number of methoxy groups -OCH3 is 1. The Kier molecular flexibility index (Phi) is 4.42. The van der Waals surface area contributed by atoms with E-state index in [1.54, 1.807) is 26.3 Å². The van der Waals surface area contributed by atoms with Crippen molar-refractivity contribution < 1.29 is 14.3 Å². The van der Waals surface area contributed by atoms with E-state index in [4.69, 9.17) is 9.47 Å². The second kappa shape index (κ2) is 5.62. The Morgan fingerprint density at radius 1 is 1.28 bits per heavy atom. The molecule has 1 rings (SSSR count). The number of benzene rings is 1. The lowest BCUT2D eigenvalue weighted by atomic mass is 10.2. The number of anilines is 2. The summed E-state index contributed by atoms with van der Waals surface area (Å²) in [4.78, 5) is 11.7. The van der Waals surface area contributed by atoms with Crippen LogP contribution in [0.3, 0.4) is 0 Å². The number of hydrogen-bond donors (Lipinski definition) is 2. The Morgan fingerprint density at radius 3 is 2.44 bits per heavy atom. The summed E-state index contributed by atoms with van der Waals surface area (Å²) in [5.41, 5.74) is 0.915. The van der Waals surface area contributed by atoms with Gasteiger partial charge in [0.25, 0.3) is 0 Å². The minimum atomic E-state index is -0.530. The summed E-state index contributed by atoms with van der Waals surface area (Å²) in [5.74, 6) is 0.583. The van der Waals surface area contributed by atoms with E-state index in [0.29, 0.717) is 11.4 Å². The van der Waals surface area contributed by atoms with Gasteiger partial charge in [0.05, 0.1) is 12.8 Å². The fourth-order valence-electron chi connectivity index (χ4n) is 1.37. The highest BCUT2D eigenvalue weighted by Gasteiger charge is 2.17. The molecule has 0 bridgehead atoms. The molecule has 0 aliphatic heterocycles. The van der Waals surface area contributed by atoms with Crippen molar-refractivity contribution in [3.8, 4) is 5.75 Å². The number of hydrogen-bond acceptors (Lipinski definition) is 4. The highest BCUT2D eigenvalue weighted by atomic mass is 16.6. The third-order valence-electron chi connectivity index (χ3n) is 2.12. The van der Waals surface area contributed by atoms with Gasteiger partial charge in [-0.1, -0.05) is 0 Å². The lowest BCUT2D eigenvalue weighted by Crippen LogP contribution is -2.27. The van der Waals surface area contributed by atoms with Gasteiger partial charge < -0.3 is 14.8 Å². The van der Waals surface area contributed by atoms with Crippen molar-refractivity contribution in [2.45, 2.75) is 26.4 Å². The predicted octanol–water partition coefficient (Wildman–Crippen LogP) is 3.08. The minimum Gasteiger partial charge on any atom is -0.495 e. The van der Waals surface area contributed by atoms with Crippen LogP contribution in [0.1, 0.15) is 20.8 Å². The fraction of sp³-hybridized carbons (Fsp3) is 0.462. The Morgan fingerprint density at radius 2 is 1.94 bits per heavy atom. The molecule has 0 unspecified atom stereocenters. The average molecular weight is 252 g/mol. The monoisotopic (exact) mass is 252 g/mol. The molecule has 0 radical (unpaired) electrons. The Hall–Kier alpha value is -1.91. The molecule has 5 heteroatoms. The molecule has 2 N–H and O–H groups in total. The maximum Gasteiger partial charge on any atom is 0.412 e. The first-order valence-electron chi connectivity index (χ1n) is 5.71. The van der Waals surface area contributed by atoms with Crippen molar-refractivity contribution >= 4 is 17.5 Å². The summed E-state index contributed by atoms with van der Waals surface area (Å²) >= 11 is 0. The van der Waals surface area contributed by atoms with Crippen molar-refractivity contribution in [2.24, 2.45) is 0 Å². The van der Waals surface area contributed by atoms with Gasteiger partial charge in [-0.2, -0.15) is 0 Å². The lowest BCUT2D eigenvalue weighted by Gasteiger charge is -2.20. The van der Waals surface area contributed by atoms with Crippen molar-refractivity contribution in [3.05, 3.63) is 18.2 Å². The van der Waals surface area contributed by atoms with Gasteiger partial charge in [0.15, 0.2) is 0 Å². The molecule has 0 atom stereocenters. The second-order valence-corrected chi connectivity index (χ2v) is 4.79. The molecule has 0 fully saturated rings. The zero-order valence-electron chi connectivity index (χ0n) is 11.5. The van der Waals surface area contributed by atoms with E-state index in [2.05, 4.69) is 10.6 Å². The molecular weight excluding hydrogens is 232 g/mol. The van der Waals surface area contributed by atoms with Crippen LogP contribution in [-0.4, -0.2) is 25.9 Å². The minimum absolute atomic E-state index is 0.506. The first-order valence-corrected chi connectivity index (χ1v) is 5.71. The van der Waals surface area contributed by atoms with Gasteiger partial charge in [-0.15, -0.1) is 0 Å². The highest BCUT2D eigenvalue weighted by Crippen LogP contribution is 2.28. The number of ether oxygens (including phenoxy) is 2. The van der Waals surface area contributed by atoms with E-state index >= 15 is 0 Å². The van der Waals surface area contributed by atoms with Crippen LogP contribution in [0.4, 0.5) is 16.2 Å². The molecule has 18 heavy (non-hydrogen) atoms. The summed E-state index contributed by atoms with van der Waals surface area (Å²) in [5, 5.41) is 5.66. The smallest absolute Gasteiger partial charge is 0.412 e. The number of nitrogens with one attached hydrogen (secondary N) is 2. The fourth-order valence-corrected chi connectivity index (χ4v) is 1.37. The number of amides is 1. The summed E-state index contributed by atoms with van der Waals surface area (Å²) in [6.07, 6.45) is -0.506. The summed E-state index contributed by atoms with van der Waals surface area (Å²) in [6, 6.07) is 5.42. The number of rotatable bonds is 3. The Bertz CT molecular complexity index is 425. The van der Waals surface area contributed by atoms with Crippen LogP contribution in [0, 0.1) is 0 Å². The largest absolute Gasteiger partial charge is 0.495 e. The van der Waals surface area contributed by atoms with Crippen LogP contribution in [0.5, 0.6) is 5.75 Å². The van der Waals surface area contributed by atoms with Gasteiger partial charge in [0.1, 0.15) is 11.4 Å². The molecule has 0 aliphatic carbocycles. The van der Waals surface area contributed by atoms with Crippen molar-refractivity contribution in [3.63, 3.8) is 0 Å². The molecule has 0 heterocycles. The number of carbonyl (C=O) groups excluding carboxylic acids is 1. The molecule has 0 saturated carbocycles. The van der Waals surface area contributed by atoms with Gasteiger partial charge in [-0.3, -0.25) is 5.32 Å². The van der Waals surface area contributed by atoms with Crippen molar-refractivity contribution in [1.82, 2.24) is 0 Å². The molecule has 1 aromatic rings. The summed E-state index contributed by atoms with van der Waals surface area (Å²) < 4.78 is 10.4. The third-order valence-corrected chi connectivity index (χ3v) is 2.12. The first kappa shape index (κ1) is 14.2. The van der Waals surface area contributed by atoms with Crippen molar-refractivity contribution in [2.75, 3.05) is 24.8 Å². The van der Waals surface area contributed by atoms with E-state index in [1.807, 2.05) is 26.8 Å². The highest BCUT2D eigenvalue weighted by molar-refractivity contribution is 5.88. The summed E-state index contributed by atoms with van der Waals surface area (Å²) in [7, 11) is 3.35. The topological polar surface area (TPSA) is 59.6 Å². The molecule has 5 nitrogen and oxygen atoms in total. The van der Waals surface area contributed by atoms with Gasteiger partial charge in [-0.25, -0.2) is 4.79 Å². The average Bonchev–Trinajstić information content (AvgIpc) is 2.26. The van der Waals surface area contributed by atoms with E-state index < -0.39 is 11.7 Å². The van der Waals surface area contributed by atoms with Crippen LogP contribution < -0.4 is 15.4 Å². The maximum atomic E-state index is 11.7. The zero-order chi connectivity index (χ0) is 13.8. The molecule has 100 valence electrons. The molecule has 1 amide bonds. The zero-order valence-corrected chi connectivity index (χ0v) is 11.5. The Balaban J connectivity index is 2.85. The first-order chi connectivity index (χ1) is 8.35.